The average molecular weight is 198 g/mol. The highest BCUT2D eigenvalue weighted by Gasteiger charge is 2.01. The highest BCUT2D eigenvalue weighted by molar-refractivity contribution is 5.85. The van der Waals surface area contributed by atoms with E-state index in [1.165, 1.54) is 0 Å². The minimum absolute atomic E-state index is 0. The second kappa shape index (κ2) is 5.41. The van der Waals surface area contributed by atoms with Crippen molar-refractivity contribution in [1.29, 1.82) is 0 Å². The average Bonchev–Trinajstić information content (AvgIpc) is 2.13. The minimum Gasteiger partial charge on any atom is -0.337 e. The van der Waals surface area contributed by atoms with Gasteiger partial charge in [0.15, 0.2) is 0 Å². The van der Waals surface area contributed by atoms with Gasteiger partial charge in [-0.05, 0) is 6.92 Å². The van der Waals surface area contributed by atoms with Crippen molar-refractivity contribution in [3.8, 4) is 0 Å². The molecule has 0 amide bonds. The Morgan fingerprint density at radius 3 is 2.27 bits per heavy atom. The molecule has 1 rings (SSSR count). The molecule has 66 valence electrons. The summed E-state index contributed by atoms with van der Waals surface area (Å²) in [7, 11) is 1.94. The molecule has 0 unspecified atom stereocenters. The molecule has 1 atom stereocenters. The molecule has 0 saturated heterocycles. The Morgan fingerprint density at radius 1 is 1.55 bits per heavy atom. The fourth-order valence-corrected chi connectivity index (χ4v) is 0.816. The summed E-state index contributed by atoms with van der Waals surface area (Å²) in [6, 6.07) is 0.0324. The zero-order chi connectivity index (χ0) is 6.85. The van der Waals surface area contributed by atoms with Crippen LogP contribution in [-0.4, -0.2) is 9.55 Å². The molecule has 3 nitrogen and oxygen atoms in total. The monoisotopic (exact) mass is 197 g/mol. The number of aromatic nitrogens is 2. The van der Waals surface area contributed by atoms with E-state index in [4.69, 9.17) is 5.73 Å². The van der Waals surface area contributed by atoms with Crippen LogP contribution in [0.4, 0.5) is 0 Å². The van der Waals surface area contributed by atoms with Gasteiger partial charge in [-0.1, -0.05) is 0 Å². The first kappa shape index (κ1) is 13.3. The van der Waals surface area contributed by atoms with Crippen LogP contribution in [0.25, 0.3) is 0 Å². The molecule has 11 heavy (non-hydrogen) atoms. The Bertz CT molecular complexity index is 197. The largest absolute Gasteiger partial charge is 0.337 e. The fraction of sp³-hybridized carbons (Fsp3) is 0.500. The van der Waals surface area contributed by atoms with Crippen molar-refractivity contribution in [3.05, 3.63) is 18.2 Å². The fourth-order valence-electron chi connectivity index (χ4n) is 0.816. The molecular weight excluding hydrogens is 185 g/mol. The van der Waals surface area contributed by atoms with E-state index >= 15 is 0 Å². The zero-order valence-electron chi connectivity index (χ0n) is 6.52. The van der Waals surface area contributed by atoms with Crippen LogP contribution in [0.5, 0.6) is 0 Å². The smallest absolute Gasteiger partial charge is 0.125 e. The van der Waals surface area contributed by atoms with Gasteiger partial charge in [0.1, 0.15) is 5.82 Å². The molecule has 0 aliphatic carbocycles. The van der Waals surface area contributed by atoms with Crippen LogP contribution in [0.1, 0.15) is 18.8 Å². The number of hydrogen-bond donors (Lipinski definition) is 1. The van der Waals surface area contributed by atoms with Crippen LogP contribution in [0.3, 0.4) is 0 Å². The summed E-state index contributed by atoms with van der Waals surface area (Å²) in [5.74, 6) is 0.926. The van der Waals surface area contributed by atoms with E-state index in [0.29, 0.717) is 0 Å². The van der Waals surface area contributed by atoms with Gasteiger partial charge in [-0.15, -0.1) is 24.8 Å². The number of hydrogen-bond acceptors (Lipinski definition) is 2. The van der Waals surface area contributed by atoms with Crippen LogP contribution in [0.2, 0.25) is 0 Å². The summed E-state index contributed by atoms with van der Waals surface area (Å²) >= 11 is 0. The summed E-state index contributed by atoms with van der Waals surface area (Å²) in [5.41, 5.74) is 5.58. The molecular formula is C6H13Cl2N3. The topological polar surface area (TPSA) is 43.8 Å². The maximum atomic E-state index is 5.58. The predicted molar refractivity (Wildman–Crippen MR) is 50.3 cm³/mol. The lowest BCUT2D eigenvalue weighted by molar-refractivity contribution is 0.686. The molecule has 0 saturated carbocycles. The first-order valence-electron chi connectivity index (χ1n) is 2.94. The second-order valence-corrected chi connectivity index (χ2v) is 2.19. The third-order valence-corrected chi connectivity index (χ3v) is 1.27. The van der Waals surface area contributed by atoms with Crippen molar-refractivity contribution < 1.29 is 0 Å². The number of nitrogens with zero attached hydrogens (tertiary/aromatic N) is 2. The SMILES string of the molecule is C[C@H](N)c1nccn1C.Cl.Cl. The molecule has 1 aromatic rings. The molecule has 0 spiro atoms. The summed E-state index contributed by atoms with van der Waals surface area (Å²) < 4.78 is 1.92. The van der Waals surface area contributed by atoms with Crippen LogP contribution in [-0.2, 0) is 7.05 Å². The normalized spacial score (nSPS) is 11.2. The van der Waals surface area contributed by atoms with Gasteiger partial charge in [0.05, 0.1) is 6.04 Å². The van der Waals surface area contributed by atoms with E-state index in [1.807, 2.05) is 24.7 Å². The highest BCUT2D eigenvalue weighted by atomic mass is 35.5. The third kappa shape index (κ3) is 3.10. The summed E-state index contributed by atoms with van der Waals surface area (Å²) in [6.07, 6.45) is 3.64. The minimum atomic E-state index is 0. The molecule has 0 aromatic carbocycles. The highest BCUT2D eigenvalue weighted by Crippen LogP contribution is 2.02. The second-order valence-electron chi connectivity index (χ2n) is 2.19. The third-order valence-electron chi connectivity index (χ3n) is 1.27. The predicted octanol–water partition coefficient (Wildman–Crippen LogP) is 1.28. The standard InChI is InChI=1S/C6H11N3.2ClH/c1-5(7)6-8-3-4-9(6)2;;/h3-5H,7H2,1-2H3;2*1H/t5-;;/m0../s1. The lowest BCUT2D eigenvalue weighted by Gasteiger charge is -2.02. The van der Waals surface area contributed by atoms with E-state index in [2.05, 4.69) is 4.98 Å². The van der Waals surface area contributed by atoms with Gasteiger partial charge in [-0.3, -0.25) is 0 Å². The molecule has 1 heterocycles. The molecule has 0 bridgehead atoms. The molecule has 0 aliphatic rings. The van der Waals surface area contributed by atoms with Crippen molar-refractivity contribution in [3.63, 3.8) is 0 Å². The van der Waals surface area contributed by atoms with Gasteiger partial charge in [-0.25, -0.2) is 4.98 Å². The summed E-state index contributed by atoms with van der Waals surface area (Å²) in [6.45, 7) is 1.92. The Morgan fingerprint density at radius 2 is 2.09 bits per heavy atom. The van der Waals surface area contributed by atoms with Crippen LogP contribution in [0.15, 0.2) is 12.4 Å². The van der Waals surface area contributed by atoms with E-state index in [-0.39, 0.29) is 30.9 Å². The molecule has 1 aromatic heterocycles. The van der Waals surface area contributed by atoms with E-state index in [1.54, 1.807) is 6.20 Å². The van der Waals surface area contributed by atoms with Crippen molar-refractivity contribution in [1.82, 2.24) is 9.55 Å². The summed E-state index contributed by atoms with van der Waals surface area (Å²) in [5, 5.41) is 0. The molecule has 0 fully saturated rings. The van der Waals surface area contributed by atoms with Crippen LogP contribution >= 0.6 is 24.8 Å². The lowest BCUT2D eigenvalue weighted by Crippen LogP contribution is -2.10. The van der Waals surface area contributed by atoms with Gasteiger partial charge in [0, 0.05) is 19.4 Å². The Balaban J connectivity index is 0. The van der Waals surface area contributed by atoms with Crippen molar-refractivity contribution in [2.24, 2.45) is 12.8 Å². The summed E-state index contributed by atoms with van der Waals surface area (Å²) in [4.78, 5) is 4.05. The number of imidazole rings is 1. The zero-order valence-corrected chi connectivity index (χ0v) is 8.15. The quantitative estimate of drug-likeness (QED) is 0.738. The van der Waals surface area contributed by atoms with Crippen molar-refractivity contribution in [2.45, 2.75) is 13.0 Å². The Kier molecular flexibility index (Phi) is 6.56. The van der Waals surface area contributed by atoms with E-state index < -0.39 is 0 Å². The van der Waals surface area contributed by atoms with Crippen LogP contribution < -0.4 is 5.73 Å². The van der Waals surface area contributed by atoms with Crippen molar-refractivity contribution >= 4 is 24.8 Å². The number of aryl methyl sites for hydroxylation is 1. The molecule has 0 aliphatic heterocycles. The maximum Gasteiger partial charge on any atom is 0.125 e. The van der Waals surface area contributed by atoms with E-state index in [0.717, 1.165) is 5.82 Å². The van der Waals surface area contributed by atoms with Gasteiger partial charge in [0.25, 0.3) is 0 Å². The Labute approximate surface area is 78.8 Å². The number of nitrogens with two attached hydrogens (primary N) is 1. The Hall–Kier alpha value is -0.250. The van der Waals surface area contributed by atoms with Gasteiger partial charge < -0.3 is 10.3 Å². The lowest BCUT2D eigenvalue weighted by atomic mass is 10.3. The first-order valence-corrected chi connectivity index (χ1v) is 2.94. The molecule has 5 heteroatoms. The molecule has 2 N–H and O–H groups in total. The van der Waals surface area contributed by atoms with E-state index in [9.17, 15) is 0 Å². The number of rotatable bonds is 1. The number of halogens is 2. The van der Waals surface area contributed by atoms with Gasteiger partial charge >= 0.3 is 0 Å². The first-order chi connectivity index (χ1) is 4.22. The maximum absolute atomic E-state index is 5.58. The van der Waals surface area contributed by atoms with Crippen molar-refractivity contribution in [2.75, 3.05) is 0 Å². The van der Waals surface area contributed by atoms with Gasteiger partial charge in [0.2, 0.25) is 0 Å². The van der Waals surface area contributed by atoms with Crippen LogP contribution in [0, 0.1) is 0 Å². The molecule has 0 radical (unpaired) electrons. The van der Waals surface area contributed by atoms with Gasteiger partial charge in [-0.2, -0.15) is 0 Å².